The van der Waals surface area contributed by atoms with Gasteiger partial charge < -0.3 is 20.0 Å². The summed E-state index contributed by atoms with van der Waals surface area (Å²) in [6.45, 7) is 9.20. The number of halogens is 2. The third kappa shape index (κ3) is 5.68. The number of piperazine rings is 2. The highest BCUT2D eigenvalue weighted by atomic mass is 35.5. The molecule has 2 N–H and O–H groups in total. The van der Waals surface area contributed by atoms with Crippen LogP contribution in [0.15, 0.2) is 42.6 Å². The highest BCUT2D eigenvalue weighted by Crippen LogP contribution is 2.44. The van der Waals surface area contributed by atoms with Crippen LogP contribution in [0.2, 0.25) is 10.0 Å². The van der Waals surface area contributed by atoms with E-state index in [0.717, 1.165) is 18.5 Å². The van der Waals surface area contributed by atoms with Crippen molar-refractivity contribution in [3.8, 4) is 0 Å². The smallest absolute Gasteiger partial charge is 0.408 e. The van der Waals surface area contributed by atoms with Gasteiger partial charge in [-0.25, -0.2) is 4.79 Å². The first-order valence-electron chi connectivity index (χ1n) is 14.7. The lowest BCUT2D eigenvalue weighted by Crippen LogP contribution is -2.76. The number of hydrogen-bond donors (Lipinski definition) is 2. The van der Waals surface area contributed by atoms with Crippen molar-refractivity contribution in [2.75, 3.05) is 50.7 Å². The maximum atomic E-state index is 14.6. The molecule has 1 aromatic heterocycles. The van der Waals surface area contributed by atoms with Gasteiger partial charge in [0, 0.05) is 63.7 Å². The molecule has 2 saturated heterocycles. The molecule has 9 nitrogen and oxygen atoms in total. The van der Waals surface area contributed by atoms with E-state index in [0.29, 0.717) is 67.8 Å². The van der Waals surface area contributed by atoms with E-state index in [9.17, 15) is 19.8 Å². The topological polar surface area (TPSA) is 100 Å². The van der Waals surface area contributed by atoms with Crippen molar-refractivity contribution in [3.05, 3.63) is 58.3 Å². The first-order valence-corrected chi connectivity index (χ1v) is 15.5. The Hall–Kier alpha value is -2.59. The van der Waals surface area contributed by atoms with Crippen LogP contribution >= 0.6 is 23.2 Å². The molecule has 0 spiro atoms. The van der Waals surface area contributed by atoms with Gasteiger partial charge in [-0.3, -0.25) is 19.6 Å². The number of carbonyl (C=O) groups is 2. The Balaban J connectivity index is 1.35. The summed E-state index contributed by atoms with van der Waals surface area (Å²) in [5.41, 5.74) is -1.24. The highest BCUT2D eigenvalue weighted by molar-refractivity contribution is 6.42. The van der Waals surface area contributed by atoms with Crippen LogP contribution in [0, 0.1) is 5.41 Å². The van der Waals surface area contributed by atoms with E-state index in [1.807, 2.05) is 56.0 Å². The Labute approximate surface area is 258 Å². The maximum Gasteiger partial charge on any atom is 0.408 e. The van der Waals surface area contributed by atoms with Crippen LogP contribution in [0.5, 0.6) is 0 Å². The van der Waals surface area contributed by atoms with Crippen molar-refractivity contribution in [2.24, 2.45) is 5.41 Å². The summed E-state index contributed by atoms with van der Waals surface area (Å²) < 4.78 is 0. The van der Waals surface area contributed by atoms with Crippen LogP contribution < -0.4 is 4.90 Å². The molecule has 1 saturated carbocycles. The molecule has 5 rings (SSSR count). The number of amides is 2. The van der Waals surface area contributed by atoms with Gasteiger partial charge in [0.15, 0.2) is 0 Å². The van der Waals surface area contributed by atoms with Crippen LogP contribution in [0.25, 0.3) is 0 Å². The molecule has 0 bridgehead atoms. The van der Waals surface area contributed by atoms with Gasteiger partial charge in [-0.05, 0) is 61.4 Å². The van der Waals surface area contributed by atoms with E-state index in [4.69, 9.17) is 23.2 Å². The fourth-order valence-electron chi connectivity index (χ4n) is 7.04. The number of aliphatic hydroxyl groups is 1. The molecule has 1 atom stereocenters. The van der Waals surface area contributed by atoms with E-state index in [-0.39, 0.29) is 18.5 Å². The normalized spacial score (nSPS) is 27.7. The number of hydrogen-bond acceptors (Lipinski definition) is 6. The molecule has 2 amide bonds. The monoisotopic (exact) mass is 617 g/mol. The van der Waals surface area contributed by atoms with Crippen LogP contribution in [0.4, 0.5) is 10.5 Å². The van der Waals surface area contributed by atoms with Crippen LogP contribution in [0.3, 0.4) is 0 Å². The van der Waals surface area contributed by atoms with Gasteiger partial charge in [-0.2, -0.15) is 0 Å². The average molecular weight is 619 g/mol. The third-order valence-electron chi connectivity index (χ3n) is 9.60. The number of carboxylic acid groups (broad SMARTS) is 1. The molecule has 1 aliphatic carbocycles. The van der Waals surface area contributed by atoms with Gasteiger partial charge in [0.2, 0.25) is 0 Å². The van der Waals surface area contributed by atoms with E-state index >= 15 is 0 Å². The van der Waals surface area contributed by atoms with Gasteiger partial charge in [0.1, 0.15) is 11.1 Å². The van der Waals surface area contributed by atoms with Gasteiger partial charge in [-0.15, -0.1) is 0 Å². The van der Waals surface area contributed by atoms with E-state index in [2.05, 4.69) is 14.8 Å². The largest absolute Gasteiger partial charge is 0.465 e. The molecular weight excluding hydrogens is 577 g/mol. The van der Waals surface area contributed by atoms with Gasteiger partial charge in [0.25, 0.3) is 5.91 Å². The zero-order valence-corrected chi connectivity index (χ0v) is 26.1. The molecule has 0 radical (unpaired) electrons. The minimum Gasteiger partial charge on any atom is -0.465 e. The molecule has 42 heavy (non-hydrogen) atoms. The van der Waals surface area contributed by atoms with E-state index < -0.39 is 22.6 Å². The van der Waals surface area contributed by atoms with Crippen LogP contribution in [0.1, 0.15) is 52.1 Å². The molecular formula is C31H41Cl2N5O4. The lowest BCUT2D eigenvalue weighted by atomic mass is 9.69. The number of anilines is 1. The predicted molar refractivity (Wildman–Crippen MR) is 164 cm³/mol. The van der Waals surface area contributed by atoms with Crippen molar-refractivity contribution in [3.63, 3.8) is 0 Å². The summed E-state index contributed by atoms with van der Waals surface area (Å²) in [6, 6.07) is 11.3. The number of nitrogens with zero attached hydrogens (tertiary/aromatic N) is 5. The van der Waals surface area contributed by atoms with E-state index in [1.165, 1.54) is 4.90 Å². The molecule has 1 aromatic carbocycles. The molecule has 2 aliphatic heterocycles. The summed E-state index contributed by atoms with van der Waals surface area (Å²) in [7, 11) is 0. The Morgan fingerprint density at radius 3 is 2.21 bits per heavy atom. The summed E-state index contributed by atoms with van der Waals surface area (Å²) in [6.07, 6.45) is 3.27. The summed E-state index contributed by atoms with van der Waals surface area (Å²) in [5, 5.41) is 22.7. The molecule has 3 fully saturated rings. The minimum absolute atomic E-state index is 0.142. The Bertz CT molecular complexity index is 1290. The second-order valence-corrected chi connectivity index (χ2v) is 13.7. The fourth-order valence-corrected chi connectivity index (χ4v) is 7.34. The van der Waals surface area contributed by atoms with Crippen molar-refractivity contribution in [2.45, 2.75) is 63.6 Å². The highest BCUT2D eigenvalue weighted by Gasteiger charge is 2.59. The first kappa shape index (κ1) is 30.9. The van der Waals surface area contributed by atoms with Crippen molar-refractivity contribution < 1.29 is 19.8 Å². The standard InChI is InChI=1S/C31H41Cl2N5O4/c1-29(2,3)31(27(39)36-16-14-35(15-17-36)23-7-8-24(32)25(33)20-23)21-37(18-19-38(31)28(40)41)22-9-11-30(42,12-10-22)26-6-4-5-13-34-26/h4-8,13,20,22,42H,9-12,14-19,21H2,1-3H3,(H,40,41)/t22?,30?,31-/m1/s1. The molecule has 11 heteroatoms. The average Bonchev–Trinajstić information content (AvgIpc) is 2.98. The van der Waals surface area contributed by atoms with Crippen molar-refractivity contribution in [1.29, 1.82) is 0 Å². The maximum absolute atomic E-state index is 14.6. The Morgan fingerprint density at radius 2 is 1.64 bits per heavy atom. The third-order valence-corrected chi connectivity index (χ3v) is 10.3. The summed E-state index contributed by atoms with van der Waals surface area (Å²) in [5.74, 6) is -0.142. The van der Waals surface area contributed by atoms with Crippen LogP contribution in [-0.4, -0.2) is 99.3 Å². The number of rotatable bonds is 4. The zero-order valence-electron chi connectivity index (χ0n) is 24.6. The van der Waals surface area contributed by atoms with Crippen molar-refractivity contribution in [1.82, 2.24) is 19.7 Å². The zero-order chi connectivity index (χ0) is 30.3. The minimum atomic E-state index is -1.25. The molecule has 3 aliphatic rings. The first-order chi connectivity index (χ1) is 19.9. The molecule has 228 valence electrons. The van der Waals surface area contributed by atoms with E-state index in [1.54, 1.807) is 12.3 Å². The number of pyridine rings is 1. The van der Waals surface area contributed by atoms with Gasteiger partial charge in [-0.1, -0.05) is 50.0 Å². The fraction of sp³-hybridized carbons (Fsp3) is 0.581. The summed E-state index contributed by atoms with van der Waals surface area (Å²) >= 11 is 12.3. The number of aromatic nitrogens is 1. The molecule has 0 unspecified atom stereocenters. The lowest BCUT2D eigenvalue weighted by molar-refractivity contribution is -0.161. The summed E-state index contributed by atoms with van der Waals surface area (Å²) in [4.78, 5) is 39.4. The van der Waals surface area contributed by atoms with Crippen molar-refractivity contribution >= 4 is 40.9 Å². The second-order valence-electron chi connectivity index (χ2n) is 12.9. The number of carbonyl (C=O) groups excluding carboxylic acids is 1. The predicted octanol–water partition coefficient (Wildman–Crippen LogP) is 4.95. The molecule has 2 aromatic rings. The lowest BCUT2D eigenvalue weighted by Gasteiger charge is -2.58. The molecule has 3 heterocycles. The number of benzene rings is 1. The van der Waals surface area contributed by atoms with Gasteiger partial charge >= 0.3 is 6.09 Å². The quantitative estimate of drug-likeness (QED) is 0.501. The Morgan fingerprint density at radius 1 is 0.952 bits per heavy atom. The van der Waals surface area contributed by atoms with Crippen LogP contribution in [-0.2, 0) is 10.4 Å². The SMILES string of the molecule is CC(C)(C)[C@]1(C(=O)N2CCN(c3ccc(Cl)c(Cl)c3)CC2)CN(C2CCC(O)(c3ccccn3)CC2)CCN1C(=O)O. The Kier molecular flexibility index (Phi) is 8.69. The van der Waals surface area contributed by atoms with Gasteiger partial charge in [0.05, 0.1) is 15.7 Å². The second kappa shape index (κ2) is 11.8.